The van der Waals surface area contributed by atoms with Crippen molar-refractivity contribution in [2.45, 2.75) is 38.6 Å². The summed E-state index contributed by atoms with van der Waals surface area (Å²) in [7, 11) is 0. The van der Waals surface area contributed by atoms with E-state index < -0.39 is 5.54 Å². The third-order valence-corrected chi connectivity index (χ3v) is 4.35. The van der Waals surface area contributed by atoms with E-state index in [0.29, 0.717) is 30.4 Å². The molecule has 1 fully saturated rings. The van der Waals surface area contributed by atoms with Crippen LogP contribution in [0.4, 0.5) is 10.1 Å². The molecule has 104 valence electrons. The molecule has 0 aliphatic heterocycles. The zero-order valence-electron chi connectivity index (χ0n) is 11.4. The average molecular weight is 264 g/mol. The van der Waals surface area contributed by atoms with Gasteiger partial charge in [-0.3, -0.25) is 4.79 Å². The lowest BCUT2D eigenvalue weighted by molar-refractivity contribution is -0.124. The zero-order chi connectivity index (χ0) is 14.0. The maximum absolute atomic E-state index is 13.2. The highest BCUT2D eigenvalue weighted by Crippen LogP contribution is 2.38. The fourth-order valence-corrected chi connectivity index (χ4v) is 2.85. The summed E-state index contributed by atoms with van der Waals surface area (Å²) in [5.41, 5.74) is 5.46. The van der Waals surface area contributed by atoms with Crippen molar-refractivity contribution < 1.29 is 9.18 Å². The Morgan fingerprint density at radius 1 is 1.42 bits per heavy atom. The molecule has 0 bridgehead atoms. The van der Waals surface area contributed by atoms with E-state index >= 15 is 0 Å². The van der Waals surface area contributed by atoms with E-state index in [-0.39, 0.29) is 11.7 Å². The lowest BCUT2D eigenvalue weighted by Crippen LogP contribution is -2.54. The molecule has 0 radical (unpaired) electrons. The van der Waals surface area contributed by atoms with Crippen LogP contribution in [-0.4, -0.2) is 11.4 Å². The fourth-order valence-electron chi connectivity index (χ4n) is 2.85. The molecule has 1 saturated carbocycles. The summed E-state index contributed by atoms with van der Waals surface area (Å²) >= 11 is 0. The van der Waals surface area contributed by atoms with Gasteiger partial charge in [0.05, 0.1) is 0 Å². The van der Waals surface area contributed by atoms with Gasteiger partial charge in [-0.25, -0.2) is 4.39 Å². The number of carbonyl (C=O) groups excluding carboxylic acids is 1. The number of benzene rings is 1. The maximum Gasteiger partial charge on any atom is 0.243 e. The number of rotatable bonds is 3. The van der Waals surface area contributed by atoms with Crippen molar-refractivity contribution in [3.8, 4) is 0 Å². The Balaban J connectivity index is 2.23. The zero-order valence-corrected chi connectivity index (χ0v) is 11.4. The SMILES string of the molecule is CC1CCC(Nc2cccc(F)c2)(C(N)=O)CC1C. The second kappa shape index (κ2) is 5.19. The van der Waals surface area contributed by atoms with Crippen LogP contribution in [0.15, 0.2) is 24.3 Å². The van der Waals surface area contributed by atoms with Crippen molar-refractivity contribution in [2.24, 2.45) is 17.6 Å². The van der Waals surface area contributed by atoms with Crippen molar-refractivity contribution in [3.05, 3.63) is 30.1 Å². The number of hydrogen-bond donors (Lipinski definition) is 2. The van der Waals surface area contributed by atoms with Gasteiger partial charge in [-0.15, -0.1) is 0 Å². The highest BCUT2D eigenvalue weighted by Gasteiger charge is 2.42. The Labute approximate surface area is 113 Å². The standard InChI is InChI=1S/C15H21FN2O/c1-10-6-7-15(14(17)19,9-11(10)2)18-13-5-3-4-12(16)8-13/h3-5,8,10-11,18H,6-7,9H2,1-2H3,(H2,17,19). The second-order valence-corrected chi connectivity index (χ2v) is 5.78. The molecule has 19 heavy (non-hydrogen) atoms. The molecule has 1 aliphatic rings. The molecule has 1 aromatic carbocycles. The van der Waals surface area contributed by atoms with Gasteiger partial charge in [-0.05, 0) is 49.3 Å². The maximum atomic E-state index is 13.2. The highest BCUT2D eigenvalue weighted by atomic mass is 19.1. The van der Waals surface area contributed by atoms with Crippen LogP contribution < -0.4 is 11.1 Å². The first-order valence-corrected chi connectivity index (χ1v) is 6.76. The first-order valence-electron chi connectivity index (χ1n) is 6.76. The van der Waals surface area contributed by atoms with Gasteiger partial charge in [-0.2, -0.15) is 0 Å². The Morgan fingerprint density at radius 3 is 2.74 bits per heavy atom. The smallest absolute Gasteiger partial charge is 0.243 e. The van der Waals surface area contributed by atoms with E-state index in [1.807, 2.05) is 0 Å². The van der Waals surface area contributed by atoms with Gasteiger partial charge < -0.3 is 11.1 Å². The Kier molecular flexibility index (Phi) is 3.78. The van der Waals surface area contributed by atoms with E-state index in [0.717, 1.165) is 6.42 Å². The molecule has 3 unspecified atom stereocenters. The molecule has 4 heteroatoms. The minimum atomic E-state index is -0.750. The summed E-state index contributed by atoms with van der Waals surface area (Å²) < 4.78 is 13.2. The van der Waals surface area contributed by atoms with Crippen LogP contribution >= 0.6 is 0 Å². The van der Waals surface area contributed by atoms with Crippen molar-refractivity contribution >= 4 is 11.6 Å². The minimum absolute atomic E-state index is 0.318. The Morgan fingerprint density at radius 2 is 2.16 bits per heavy atom. The predicted molar refractivity (Wildman–Crippen MR) is 74.1 cm³/mol. The van der Waals surface area contributed by atoms with Crippen molar-refractivity contribution in [2.75, 3.05) is 5.32 Å². The average Bonchev–Trinajstić information content (AvgIpc) is 2.34. The van der Waals surface area contributed by atoms with Crippen LogP contribution in [0.1, 0.15) is 33.1 Å². The summed E-state index contributed by atoms with van der Waals surface area (Å²) in [6.45, 7) is 4.33. The van der Waals surface area contributed by atoms with E-state index in [4.69, 9.17) is 5.73 Å². The molecule has 3 atom stereocenters. The summed E-state index contributed by atoms with van der Waals surface area (Å²) in [6, 6.07) is 6.17. The van der Waals surface area contributed by atoms with Gasteiger partial charge >= 0.3 is 0 Å². The molecule has 0 spiro atoms. The third kappa shape index (κ3) is 2.88. The molecule has 1 aliphatic carbocycles. The van der Waals surface area contributed by atoms with Crippen LogP contribution in [0.25, 0.3) is 0 Å². The largest absolute Gasteiger partial charge is 0.371 e. The van der Waals surface area contributed by atoms with Crippen molar-refractivity contribution in [3.63, 3.8) is 0 Å². The third-order valence-electron chi connectivity index (χ3n) is 4.35. The van der Waals surface area contributed by atoms with Crippen LogP contribution in [0.3, 0.4) is 0 Å². The van der Waals surface area contributed by atoms with Gasteiger partial charge in [-0.1, -0.05) is 19.9 Å². The lowest BCUT2D eigenvalue weighted by Gasteiger charge is -2.41. The van der Waals surface area contributed by atoms with Crippen LogP contribution in [0.2, 0.25) is 0 Å². The van der Waals surface area contributed by atoms with Gasteiger partial charge in [0.2, 0.25) is 5.91 Å². The number of primary amides is 1. The summed E-state index contributed by atoms with van der Waals surface area (Å²) in [5.74, 6) is 0.335. The van der Waals surface area contributed by atoms with Crippen molar-refractivity contribution in [1.82, 2.24) is 0 Å². The summed E-state index contributed by atoms with van der Waals surface area (Å²) in [5, 5.41) is 3.17. The van der Waals surface area contributed by atoms with E-state index in [1.54, 1.807) is 12.1 Å². The molecule has 0 saturated heterocycles. The number of anilines is 1. The number of hydrogen-bond acceptors (Lipinski definition) is 2. The van der Waals surface area contributed by atoms with Gasteiger partial charge in [0.25, 0.3) is 0 Å². The summed E-state index contributed by atoms with van der Waals surface area (Å²) in [6.07, 6.45) is 2.34. The molecule has 2 rings (SSSR count). The van der Waals surface area contributed by atoms with Crippen LogP contribution in [-0.2, 0) is 4.79 Å². The monoisotopic (exact) mass is 264 g/mol. The molecule has 3 N–H and O–H groups in total. The Bertz CT molecular complexity index is 477. The highest BCUT2D eigenvalue weighted by molar-refractivity contribution is 5.88. The first kappa shape index (κ1) is 13.8. The Hall–Kier alpha value is -1.58. The molecular weight excluding hydrogens is 243 g/mol. The van der Waals surface area contributed by atoms with Gasteiger partial charge in [0, 0.05) is 5.69 Å². The number of nitrogens with two attached hydrogens (primary N) is 1. The van der Waals surface area contributed by atoms with Gasteiger partial charge in [0.15, 0.2) is 0 Å². The van der Waals surface area contributed by atoms with E-state index in [1.165, 1.54) is 12.1 Å². The second-order valence-electron chi connectivity index (χ2n) is 5.78. The number of halogens is 1. The fraction of sp³-hybridized carbons (Fsp3) is 0.533. The normalized spacial score (nSPS) is 30.9. The number of nitrogens with one attached hydrogen (secondary N) is 1. The van der Waals surface area contributed by atoms with Crippen LogP contribution in [0, 0.1) is 17.7 Å². The molecule has 3 nitrogen and oxygen atoms in total. The molecular formula is C15H21FN2O. The number of amides is 1. The van der Waals surface area contributed by atoms with Gasteiger partial charge in [0.1, 0.15) is 11.4 Å². The van der Waals surface area contributed by atoms with E-state index in [9.17, 15) is 9.18 Å². The van der Waals surface area contributed by atoms with Crippen LogP contribution in [0.5, 0.6) is 0 Å². The van der Waals surface area contributed by atoms with E-state index in [2.05, 4.69) is 19.2 Å². The van der Waals surface area contributed by atoms with Crippen molar-refractivity contribution in [1.29, 1.82) is 0 Å². The minimum Gasteiger partial charge on any atom is -0.371 e. The lowest BCUT2D eigenvalue weighted by atomic mass is 9.70. The molecule has 1 amide bonds. The summed E-state index contributed by atoms with van der Waals surface area (Å²) in [4.78, 5) is 11.9. The predicted octanol–water partition coefficient (Wildman–Crippen LogP) is 2.92. The quantitative estimate of drug-likeness (QED) is 0.882. The topological polar surface area (TPSA) is 55.1 Å². The molecule has 0 heterocycles. The molecule has 1 aromatic rings. The number of carbonyl (C=O) groups is 1. The molecule has 0 aromatic heterocycles. The first-order chi connectivity index (χ1) is 8.93.